The van der Waals surface area contributed by atoms with Crippen LogP contribution >= 0.6 is 0 Å². The van der Waals surface area contributed by atoms with Crippen molar-refractivity contribution in [2.24, 2.45) is 5.73 Å². The standard InChI is InChI=1S/C17H27N5O6/c18-5-3-1-2-4-13(25)20-14(26)6-10-8-22(17(27)21-16(10)19)15-7-11(24)12(9-23)28-15/h8,11-12,15,23-24H,1-7,9,18H2,(H2,19,21,27)(H,20,25,26)/t11-,12+,15+/m0/s1. The molecule has 0 saturated carbocycles. The smallest absolute Gasteiger partial charge is 0.351 e. The monoisotopic (exact) mass is 397 g/mol. The number of aliphatic hydroxyl groups is 2. The largest absolute Gasteiger partial charge is 0.394 e. The van der Waals surface area contributed by atoms with Crippen molar-refractivity contribution in [1.29, 1.82) is 0 Å². The van der Waals surface area contributed by atoms with Gasteiger partial charge in [0, 0.05) is 24.6 Å². The van der Waals surface area contributed by atoms with Gasteiger partial charge < -0.3 is 26.4 Å². The Bertz CT molecular complexity index is 752. The van der Waals surface area contributed by atoms with Crippen molar-refractivity contribution in [2.75, 3.05) is 18.9 Å². The molecule has 1 saturated heterocycles. The van der Waals surface area contributed by atoms with Gasteiger partial charge in [-0.1, -0.05) is 6.42 Å². The molecule has 0 spiro atoms. The first-order valence-electron chi connectivity index (χ1n) is 9.20. The second kappa shape index (κ2) is 10.3. The van der Waals surface area contributed by atoms with E-state index >= 15 is 0 Å². The maximum Gasteiger partial charge on any atom is 0.351 e. The van der Waals surface area contributed by atoms with Crippen LogP contribution in [0.4, 0.5) is 5.82 Å². The van der Waals surface area contributed by atoms with Crippen LogP contribution in [0.5, 0.6) is 0 Å². The van der Waals surface area contributed by atoms with Crippen LogP contribution in [0.3, 0.4) is 0 Å². The lowest BCUT2D eigenvalue weighted by Gasteiger charge is -2.16. The lowest BCUT2D eigenvalue weighted by molar-refractivity contribution is -0.130. The first-order chi connectivity index (χ1) is 13.3. The van der Waals surface area contributed by atoms with Gasteiger partial charge in [0.15, 0.2) is 0 Å². The zero-order valence-corrected chi connectivity index (χ0v) is 15.5. The number of aliphatic hydroxyl groups excluding tert-OH is 2. The van der Waals surface area contributed by atoms with Crippen LogP contribution in [-0.2, 0) is 20.7 Å². The third kappa shape index (κ3) is 5.83. The number of anilines is 1. The van der Waals surface area contributed by atoms with Crippen LogP contribution < -0.4 is 22.5 Å². The average molecular weight is 397 g/mol. The Balaban J connectivity index is 2.01. The summed E-state index contributed by atoms with van der Waals surface area (Å²) in [4.78, 5) is 39.7. The van der Waals surface area contributed by atoms with Crippen LogP contribution in [0.15, 0.2) is 11.0 Å². The Morgan fingerprint density at radius 1 is 1.32 bits per heavy atom. The summed E-state index contributed by atoms with van der Waals surface area (Å²) in [6, 6.07) is 0. The fourth-order valence-corrected chi connectivity index (χ4v) is 2.96. The number of hydrogen-bond acceptors (Lipinski definition) is 9. The summed E-state index contributed by atoms with van der Waals surface area (Å²) in [7, 11) is 0. The van der Waals surface area contributed by atoms with E-state index in [1.165, 1.54) is 6.20 Å². The first-order valence-corrected chi connectivity index (χ1v) is 9.20. The van der Waals surface area contributed by atoms with E-state index in [0.717, 1.165) is 17.4 Å². The van der Waals surface area contributed by atoms with Crippen molar-refractivity contribution < 1.29 is 24.5 Å². The number of amides is 2. The Morgan fingerprint density at radius 2 is 2.07 bits per heavy atom. The van der Waals surface area contributed by atoms with Crippen LogP contribution in [0.1, 0.15) is 43.9 Å². The highest BCUT2D eigenvalue weighted by Crippen LogP contribution is 2.27. The van der Waals surface area contributed by atoms with Gasteiger partial charge in [0.25, 0.3) is 0 Å². The average Bonchev–Trinajstić information content (AvgIpc) is 3.01. The fourth-order valence-electron chi connectivity index (χ4n) is 2.96. The van der Waals surface area contributed by atoms with Crippen molar-refractivity contribution in [2.45, 2.75) is 57.0 Å². The number of unbranched alkanes of at least 4 members (excludes halogenated alkanes) is 2. The molecule has 2 heterocycles. The highest BCUT2D eigenvalue weighted by atomic mass is 16.5. The molecular weight excluding hydrogens is 370 g/mol. The number of carbonyl (C=O) groups is 2. The maximum absolute atomic E-state index is 12.1. The van der Waals surface area contributed by atoms with Crippen LogP contribution in [-0.4, -0.2) is 56.9 Å². The van der Waals surface area contributed by atoms with Crippen molar-refractivity contribution >= 4 is 17.6 Å². The second-order valence-electron chi connectivity index (χ2n) is 6.70. The predicted octanol–water partition coefficient (Wildman–Crippen LogP) is -1.83. The molecule has 11 heteroatoms. The second-order valence-corrected chi connectivity index (χ2v) is 6.70. The van der Waals surface area contributed by atoms with Gasteiger partial charge in [-0.15, -0.1) is 0 Å². The third-order valence-electron chi connectivity index (χ3n) is 4.49. The molecule has 1 aromatic heterocycles. The van der Waals surface area contributed by atoms with E-state index in [4.69, 9.17) is 21.3 Å². The summed E-state index contributed by atoms with van der Waals surface area (Å²) in [6.45, 7) is 0.167. The number of aromatic nitrogens is 2. The van der Waals surface area contributed by atoms with Gasteiger partial charge in [0.05, 0.1) is 19.1 Å². The zero-order chi connectivity index (χ0) is 20.7. The van der Waals surface area contributed by atoms with Gasteiger partial charge in [-0.25, -0.2) is 4.79 Å². The molecule has 1 aliphatic rings. The Kier molecular flexibility index (Phi) is 8.05. The number of carbonyl (C=O) groups excluding carboxylic acids is 2. The Hall–Kier alpha value is -2.34. The molecule has 156 valence electrons. The molecule has 1 fully saturated rings. The molecule has 28 heavy (non-hydrogen) atoms. The molecule has 0 aromatic carbocycles. The van der Waals surface area contributed by atoms with Gasteiger partial charge >= 0.3 is 5.69 Å². The number of hydrogen-bond donors (Lipinski definition) is 5. The van der Waals surface area contributed by atoms with E-state index in [-0.39, 0.29) is 30.6 Å². The lowest BCUT2D eigenvalue weighted by Crippen LogP contribution is -2.33. The van der Waals surface area contributed by atoms with Gasteiger partial charge in [-0.05, 0) is 19.4 Å². The van der Waals surface area contributed by atoms with E-state index in [2.05, 4.69) is 10.3 Å². The Morgan fingerprint density at radius 3 is 2.71 bits per heavy atom. The summed E-state index contributed by atoms with van der Waals surface area (Å²) in [5.74, 6) is -1.08. The van der Waals surface area contributed by atoms with Gasteiger partial charge in [-0.2, -0.15) is 4.98 Å². The van der Waals surface area contributed by atoms with Crippen molar-refractivity contribution in [3.05, 3.63) is 22.2 Å². The van der Waals surface area contributed by atoms with Crippen molar-refractivity contribution in [3.63, 3.8) is 0 Å². The summed E-state index contributed by atoms with van der Waals surface area (Å²) in [5.41, 5.74) is 10.7. The molecule has 2 amide bonds. The first kappa shape index (κ1) is 22.0. The van der Waals surface area contributed by atoms with E-state index in [9.17, 15) is 19.5 Å². The van der Waals surface area contributed by atoms with E-state index in [1.807, 2.05) is 0 Å². The van der Waals surface area contributed by atoms with Gasteiger partial charge in [0.2, 0.25) is 11.8 Å². The topological polar surface area (TPSA) is 183 Å². The van der Waals surface area contributed by atoms with Crippen molar-refractivity contribution in [3.8, 4) is 0 Å². The summed E-state index contributed by atoms with van der Waals surface area (Å²) >= 11 is 0. The Labute approximate surface area is 161 Å². The molecule has 7 N–H and O–H groups in total. The number of rotatable bonds is 9. The van der Waals surface area contributed by atoms with E-state index in [1.54, 1.807) is 0 Å². The summed E-state index contributed by atoms with van der Waals surface area (Å²) in [6.07, 6.45) is 1.08. The number of ether oxygens (including phenoxy) is 1. The zero-order valence-electron chi connectivity index (χ0n) is 15.5. The molecule has 2 rings (SSSR count). The number of nitrogen functional groups attached to an aromatic ring is 1. The number of nitrogens with one attached hydrogen (secondary N) is 1. The fraction of sp³-hybridized carbons (Fsp3) is 0.647. The minimum Gasteiger partial charge on any atom is -0.394 e. The van der Waals surface area contributed by atoms with Crippen molar-refractivity contribution in [1.82, 2.24) is 14.9 Å². The lowest BCUT2D eigenvalue weighted by atomic mass is 10.1. The molecular formula is C17H27N5O6. The van der Waals surface area contributed by atoms with Crippen LogP contribution in [0.25, 0.3) is 0 Å². The van der Waals surface area contributed by atoms with E-state index < -0.39 is 42.5 Å². The molecule has 0 bridgehead atoms. The summed E-state index contributed by atoms with van der Waals surface area (Å²) in [5, 5.41) is 21.3. The van der Waals surface area contributed by atoms with Gasteiger partial charge in [0.1, 0.15) is 18.1 Å². The molecule has 3 atom stereocenters. The van der Waals surface area contributed by atoms with E-state index in [0.29, 0.717) is 13.0 Å². The normalized spacial score (nSPS) is 21.6. The number of imide groups is 1. The number of nitrogens with zero attached hydrogens (tertiary/aromatic N) is 2. The molecule has 1 aromatic rings. The highest BCUT2D eigenvalue weighted by molar-refractivity contribution is 5.96. The number of nitrogens with two attached hydrogens (primary N) is 2. The molecule has 1 aliphatic heterocycles. The highest BCUT2D eigenvalue weighted by Gasteiger charge is 2.35. The van der Waals surface area contributed by atoms with Crippen LogP contribution in [0, 0.1) is 0 Å². The predicted molar refractivity (Wildman–Crippen MR) is 98.9 cm³/mol. The van der Waals surface area contributed by atoms with Crippen LogP contribution in [0.2, 0.25) is 0 Å². The maximum atomic E-state index is 12.1. The molecule has 0 aliphatic carbocycles. The third-order valence-corrected chi connectivity index (χ3v) is 4.49. The molecule has 11 nitrogen and oxygen atoms in total. The summed E-state index contributed by atoms with van der Waals surface area (Å²) < 4.78 is 6.55. The minimum absolute atomic E-state index is 0.0870. The molecule has 0 radical (unpaired) electrons. The minimum atomic E-state index is -0.928. The van der Waals surface area contributed by atoms with Gasteiger partial charge in [-0.3, -0.25) is 19.5 Å². The molecule has 0 unspecified atom stereocenters. The SMILES string of the molecule is NCCCCCC(=O)NC(=O)Cc1cn([C@H]2C[C@H](O)[C@@H](CO)O2)c(=O)nc1N. The quantitative estimate of drug-likeness (QED) is 0.299.